The van der Waals surface area contributed by atoms with Gasteiger partial charge in [-0.1, -0.05) is 54.1 Å². The minimum Gasteiger partial charge on any atom is -0.447 e. The van der Waals surface area contributed by atoms with E-state index in [-0.39, 0.29) is 6.61 Å². The molecule has 0 aromatic heterocycles. The molecule has 2 aromatic rings. The fourth-order valence-electron chi connectivity index (χ4n) is 5.36. The van der Waals surface area contributed by atoms with Crippen LogP contribution in [0.15, 0.2) is 54.6 Å². The molecule has 3 atom stereocenters. The van der Waals surface area contributed by atoms with Crippen LogP contribution in [-0.4, -0.2) is 57.7 Å². The van der Waals surface area contributed by atoms with Crippen LogP contribution in [0.2, 0.25) is 5.02 Å². The van der Waals surface area contributed by atoms with Gasteiger partial charge in [0.25, 0.3) is 0 Å². The van der Waals surface area contributed by atoms with E-state index in [2.05, 4.69) is 0 Å². The molecule has 0 saturated carbocycles. The highest BCUT2D eigenvalue weighted by atomic mass is 35.5. The SMILES string of the molecule is CC(C)(C)OC(=O)N1C([C@@H](C(=O)N2C(=O)OC[C@H]2Cc2ccccc2)c2cccc(Cl)c2)CCC1(C)C. The number of halogens is 1. The number of imide groups is 1. The summed E-state index contributed by atoms with van der Waals surface area (Å²) in [5, 5.41) is 0.473. The van der Waals surface area contributed by atoms with Gasteiger partial charge in [0.1, 0.15) is 12.2 Å². The number of ether oxygens (including phenoxy) is 2. The van der Waals surface area contributed by atoms with Crippen molar-refractivity contribution < 1.29 is 23.9 Å². The smallest absolute Gasteiger partial charge is 0.417 e. The van der Waals surface area contributed by atoms with Crippen molar-refractivity contribution in [2.24, 2.45) is 0 Å². The second kappa shape index (κ2) is 10.4. The lowest BCUT2D eigenvalue weighted by Gasteiger charge is -2.40. The summed E-state index contributed by atoms with van der Waals surface area (Å²) in [6, 6.07) is 15.8. The number of nitrogens with zero attached hydrogens (tertiary/aromatic N) is 2. The molecule has 0 spiro atoms. The minimum absolute atomic E-state index is 0.119. The lowest BCUT2D eigenvalue weighted by Crippen LogP contribution is -2.54. The van der Waals surface area contributed by atoms with Crippen molar-refractivity contribution >= 4 is 29.7 Å². The van der Waals surface area contributed by atoms with E-state index >= 15 is 0 Å². The monoisotopic (exact) mass is 526 g/mol. The van der Waals surface area contributed by atoms with Crippen molar-refractivity contribution in [3.63, 3.8) is 0 Å². The van der Waals surface area contributed by atoms with Gasteiger partial charge in [0.2, 0.25) is 5.91 Å². The molecule has 1 unspecified atom stereocenters. The van der Waals surface area contributed by atoms with Crippen LogP contribution in [0.25, 0.3) is 0 Å². The number of carbonyl (C=O) groups is 3. The maximum atomic E-state index is 14.3. The van der Waals surface area contributed by atoms with Crippen LogP contribution >= 0.6 is 11.6 Å². The molecular weight excluding hydrogens is 492 g/mol. The van der Waals surface area contributed by atoms with Crippen molar-refractivity contribution in [2.45, 2.75) is 83.0 Å². The quantitative estimate of drug-likeness (QED) is 0.464. The first-order valence-corrected chi connectivity index (χ1v) is 13.1. The number of likely N-dealkylation sites (tertiary alicyclic amines) is 1. The molecule has 2 aromatic carbocycles. The average Bonchev–Trinajstić information content (AvgIpc) is 3.32. The van der Waals surface area contributed by atoms with Gasteiger partial charge in [-0.3, -0.25) is 9.69 Å². The van der Waals surface area contributed by atoms with E-state index in [4.69, 9.17) is 21.1 Å². The molecule has 2 saturated heterocycles. The summed E-state index contributed by atoms with van der Waals surface area (Å²) in [7, 11) is 0. The molecule has 2 heterocycles. The first kappa shape index (κ1) is 27.0. The van der Waals surface area contributed by atoms with E-state index in [1.807, 2.05) is 71.0 Å². The highest BCUT2D eigenvalue weighted by Crippen LogP contribution is 2.43. The number of carbonyl (C=O) groups excluding carboxylic acids is 3. The number of amides is 3. The molecule has 2 aliphatic rings. The third-order valence-electron chi connectivity index (χ3n) is 7.00. The zero-order valence-corrected chi connectivity index (χ0v) is 22.8. The van der Waals surface area contributed by atoms with E-state index < -0.39 is 47.2 Å². The largest absolute Gasteiger partial charge is 0.447 e. The number of hydrogen-bond donors (Lipinski definition) is 0. The van der Waals surface area contributed by atoms with Gasteiger partial charge in [0.05, 0.1) is 18.0 Å². The second-order valence-corrected chi connectivity index (χ2v) is 11.9. The Morgan fingerprint density at radius 2 is 1.84 bits per heavy atom. The first-order valence-electron chi connectivity index (χ1n) is 12.7. The van der Waals surface area contributed by atoms with Gasteiger partial charge in [-0.2, -0.15) is 0 Å². The molecule has 2 aliphatic heterocycles. The normalized spacial score (nSPS) is 22.1. The van der Waals surface area contributed by atoms with Crippen molar-refractivity contribution in [3.8, 4) is 0 Å². The third-order valence-corrected chi connectivity index (χ3v) is 7.23. The highest BCUT2D eigenvalue weighted by molar-refractivity contribution is 6.30. The maximum absolute atomic E-state index is 14.3. The van der Waals surface area contributed by atoms with Crippen LogP contribution in [0.3, 0.4) is 0 Å². The van der Waals surface area contributed by atoms with Crippen LogP contribution in [-0.2, 0) is 20.7 Å². The van der Waals surface area contributed by atoms with E-state index in [1.54, 1.807) is 23.1 Å². The number of cyclic esters (lactones) is 1. The van der Waals surface area contributed by atoms with Crippen LogP contribution in [0.4, 0.5) is 9.59 Å². The van der Waals surface area contributed by atoms with Gasteiger partial charge in [0, 0.05) is 10.6 Å². The molecule has 2 fully saturated rings. The van der Waals surface area contributed by atoms with Crippen molar-refractivity contribution in [3.05, 3.63) is 70.7 Å². The van der Waals surface area contributed by atoms with Crippen molar-refractivity contribution in [2.75, 3.05) is 6.61 Å². The Hall–Kier alpha value is -3.06. The van der Waals surface area contributed by atoms with Gasteiger partial charge in [0.15, 0.2) is 0 Å². The van der Waals surface area contributed by atoms with Gasteiger partial charge >= 0.3 is 12.2 Å². The Labute approximate surface area is 223 Å². The molecular formula is C29H35ClN2O5. The van der Waals surface area contributed by atoms with Gasteiger partial charge < -0.3 is 9.47 Å². The fourth-order valence-corrected chi connectivity index (χ4v) is 5.55. The van der Waals surface area contributed by atoms with Crippen LogP contribution in [0.1, 0.15) is 64.5 Å². The summed E-state index contributed by atoms with van der Waals surface area (Å²) >= 11 is 6.34. The predicted molar refractivity (Wildman–Crippen MR) is 141 cm³/mol. The Morgan fingerprint density at radius 3 is 2.49 bits per heavy atom. The molecule has 0 bridgehead atoms. The lowest BCUT2D eigenvalue weighted by atomic mass is 9.88. The molecule has 7 nitrogen and oxygen atoms in total. The molecule has 0 aliphatic carbocycles. The summed E-state index contributed by atoms with van der Waals surface area (Å²) in [6.45, 7) is 9.51. The highest BCUT2D eigenvalue weighted by Gasteiger charge is 2.52. The topological polar surface area (TPSA) is 76.2 Å². The van der Waals surface area contributed by atoms with Crippen molar-refractivity contribution in [1.82, 2.24) is 9.80 Å². The van der Waals surface area contributed by atoms with E-state index in [9.17, 15) is 14.4 Å². The number of hydrogen-bond acceptors (Lipinski definition) is 5. The fraction of sp³-hybridized carbons (Fsp3) is 0.483. The van der Waals surface area contributed by atoms with Crippen LogP contribution < -0.4 is 0 Å². The number of rotatable bonds is 5. The summed E-state index contributed by atoms with van der Waals surface area (Å²) in [6.07, 6.45) is 0.580. The average molecular weight is 527 g/mol. The molecule has 3 amide bonds. The standard InChI is InChI=1S/C29H35ClN2O5/c1-28(2,3)37-27(35)32-23(14-15-29(32,4)5)24(20-12-9-13-21(30)17-20)25(33)31-22(18-36-26(31)34)16-19-10-7-6-8-11-19/h6-13,17,22-24H,14-16,18H2,1-5H3/t22-,23?,24+/m1/s1. The first-order chi connectivity index (χ1) is 17.4. The molecule has 37 heavy (non-hydrogen) atoms. The number of benzene rings is 2. The van der Waals surface area contributed by atoms with Gasteiger partial charge in [-0.25, -0.2) is 14.5 Å². The summed E-state index contributed by atoms with van der Waals surface area (Å²) in [5.74, 6) is -1.22. The molecule has 0 radical (unpaired) electrons. The lowest BCUT2D eigenvalue weighted by molar-refractivity contribution is -0.132. The zero-order chi connectivity index (χ0) is 27.0. The zero-order valence-electron chi connectivity index (χ0n) is 22.1. The van der Waals surface area contributed by atoms with Gasteiger partial charge in [-0.05, 0) is 77.1 Å². The Morgan fingerprint density at radius 1 is 1.14 bits per heavy atom. The molecule has 4 rings (SSSR count). The Balaban J connectivity index is 1.74. The van der Waals surface area contributed by atoms with Crippen LogP contribution in [0, 0.1) is 0 Å². The second-order valence-electron chi connectivity index (χ2n) is 11.4. The van der Waals surface area contributed by atoms with Crippen molar-refractivity contribution in [1.29, 1.82) is 0 Å². The summed E-state index contributed by atoms with van der Waals surface area (Å²) in [4.78, 5) is 43.6. The van der Waals surface area contributed by atoms with E-state index in [0.29, 0.717) is 29.8 Å². The third kappa shape index (κ3) is 5.93. The molecule has 0 N–H and O–H groups in total. The Bertz CT molecular complexity index is 1160. The van der Waals surface area contributed by atoms with E-state index in [0.717, 1.165) is 5.56 Å². The van der Waals surface area contributed by atoms with Gasteiger partial charge in [-0.15, -0.1) is 0 Å². The summed E-state index contributed by atoms with van der Waals surface area (Å²) < 4.78 is 11.1. The van der Waals surface area contributed by atoms with E-state index in [1.165, 1.54) is 4.90 Å². The minimum atomic E-state index is -0.822. The molecule has 198 valence electrons. The summed E-state index contributed by atoms with van der Waals surface area (Å²) in [5.41, 5.74) is 0.404. The predicted octanol–water partition coefficient (Wildman–Crippen LogP) is 6.19. The Kier molecular flexibility index (Phi) is 7.56. The maximum Gasteiger partial charge on any atom is 0.417 e. The van der Waals surface area contributed by atoms with Crippen LogP contribution in [0.5, 0.6) is 0 Å². The molecule has 8 heteroatoms.